The van der Waals surface area contributed by atoms with Crippen molar-refractivity contribution < 1.29 is 28.6 Å². The summed E-state index contributed by atoms with van der Waals surface area (Å²) in [6, 6.07) is 6.00. The van der Waals surface area contributed by atoms with Crippen LogP contribution in [0.15, 0.2) is 43.2 Å². The van der Waals surface area contributed by atoms with Gasteiger partial charge in [-0.15, -0.1) is 0 Å². The third kappa shape index (κ3) is 6.63. The molecule has 33 heavy (non-hydrogen) atoms. The summed E-state index contributed by atoms with van der Waals surface area (Å²) >= 11 is 6.98. The van der Waals surface area contributed by atoms with E-state index >= 15 is 0 Å². The Bertz CT molecular complexity index is 1260. The first-order chi connectivity index (χ1) is 15.4. The second kappa shape index (κ2) is 10.0. The molecule has 1 aromatic carbocycles. The Balaban J connectivity index is 1.96. The number of allylic oxidation sites excluding steroid dienone is 1. The van der Waals surface area contributed by atoms with Crippen LogP contribution in [-0.2, 0) is 4.57 Å². The lowest BCUT2D eigenvalue weighted by molar-refractivity contribution is 0.102. The largest absolute Gasteiger partial charge is 0.491 e. The van der Waals surface area contributed by atoms with Crippen molar-refractivity contribution in [3.05, 3.63) is 58.7 Å². The van der Waals surface area contributed by atoms with Gasteiger partial charge in [0.1, 0.15) is 15.8 Å². The van der Waals surface area contributed by atoms with Crippen LogP contribution >= 0.6 is 30.5 Å². The summed E-state index contributed by atoms with van der Waals surface area (Å²) in [4.78, 5) is 39.9. The molecule has 3 N–H and O–H groups in total. The fourth-order valence-corrected chi connectivity index (χ4v) is 4.35. The van der Waals surface area contributed by atoms with Gasteiger partial charge in [0.05, 0.1) is 17.6 Å². The summed E-state index contributed by atoms with van der Waals surface area (Å²) in [5.74, 6) is 0.230. The Kier molecular flexibility index (Phi) is 7.56. The lowest BCUT2D eigenvalue weighted by Crippen LogP contribution is -2.13. The molecule has 12 heteroatoms. The normalized spacial score (nSPS) is 11.4. The number of carbonyl (C=O) groups is 1. The van der Waals surface area contributed by atoms with Crippen LogP contribution in [0.1, 0.15) is 36.7 Å². The zero-order valence-corrected chi connectivity index (χ0v) is 20.4. The highest BCUT2D eigenvalue weighted by Crippen LogP contribution is 2.37. The third-order valence-electron chi connectivity index (χ3n) is 4.07. The molecule has 2 aromatic heterocycles. The predicted octanol–water partition coefficient (Wildman–Crippen LogP) is 4.86. The first kappa shape index (κ1) is 24.9. The highest BCUT2D eigenvalue weighted by Gasteiger charge is 2.23. The highest BCUT2D eigenvalue weighted by molar-refractivity contribution is 7.60. The van der Waals surface area contributed by atoms with Crippen LogP contribution < -0.4 is 20.1 Å². The number of hydrogen-bond acceptors (Lipinski definition) is 7. The van der Waals surface area contributed by atoms with Crippen LogP contribution in [-0.4, -0.2) is 31.8 Å². The second-order valence-electron chi connectivity index (χ2n) is 7.25. The molecular formula is C21H21ClN3O6PS. The van der Waals surface area contributed by atoms with Crippen LogP contribution in [0.2, 0.25) is 4.34 Å². The van der Waals surface area contributed by atoms with E-state index < -0.39 is 13.5 Å². The molecule has 1 amide bonds. The SMILES string of the molecule is C=C(C)c1cc(Oc2cc(OC(C)C)cc(C(=O)Nc3ncc(Cl)s3)c2)ncc1P(=O)(O)O. The Morgan fingerprint density at radius 3 is 2.45 bits per heavy atom. The van der Waals surface area contributed by atoms with Gasteiger partial charge in [-0.1, -0.05) is 29.5 Å². The van der Waals surface area contributed by atoms with Gasteiger partial charge in [-0.2, -0.15) is 0 Å². The Hall–Kier alpha value is -2.75. The van der Waals surface area contributed by atoms with E-state index in [0.717, 1.165) is 17.5 Å². The van der Waals surface area contributed by atoms with Gasteiger partial charge in [-0.05, 0) is 44.0 Å². The van der Waals surface area contributed by atoms with Crippen molar-refractivity contribution >= 4 is 52.4 Å². The van der Waals surface area contributed by atoms with E-state index in [0.29, 0.717) is 20.8 Å². The fraction of sp³-hybridized carbons (Fsp3) is 0.190. The van der Waals surface area contributed by atoms with Crippen molar-refractivity contribution in [2.24, 2.45) is 0 Å². The number of hydrogen-bond donors (Lipinski definition) is 3. The van der Waals surface area contributed by atoms with Crippen molar-refractivity contribution in [2.75, 3.05) is 5.32 Å². The monoisotopic (exact) mass is 509 g/mol. The number of benzene rings is 1. The number of halogens is 1. The number of carbonyl (C=O) groups excluding carboxylic acids is 1. The number of amides is 1. The minimum absolute atomic E-state index is 0.0601. The van der Waals surface area contributed by atoms with E-state index in [2.05, 4.69) is 21.9 Å². The van der Waals surface area contributed by atoms with Crippen LogP contribution in [0.4, 0.5) is 5.13 Å². The third-order valence-corrected chi connectivity index (χ3v) is 6.08. The maximum Gasteiger partial charge on any atom is 0.358 e. The number of nitrogens with zero attached hydrogens (tertiary/aromatic N) is 2. The van der Waals surface area contributed by atoms with E-state index in [1.54, 1.807) is 19.1 Å². The predicted molar refractivity (Wildman–Crippen MR) is 128 cm³/mol. The standard InChI is InChI=1S/C21H21ClN3O6PS/c1-11(2)16-8-19(23-9-17(16)32(27,28)29)31-15-6-13(5-14(7-15)30-12(3)4)20(26)25-21-24-10-18(22)33-21/h5-10,12H,1H2,2-4H3,(H,24,25,26)(H2,27,28,29). The van der Waals surface area contributed by atoms with E-state index in [4.69, 9.17) is 21.1 Å². The molecule has 0 saturated heterocycles. The molecule has 0 saturated carbocycles. The van der Waals surface area contributed by atoms with Crippen molar-refractivity contribution in [3.8, 4) is 17.4 Å². The maximum absolute atomic E-state index is 12.8. The smallest absolute Gasteiger partial charge is 0.358 e. The molecule has 3 rings (SSSR count). The summed E-state index contributed by atoms with van der Waals surface area (Å²) in [5, 5.41) is 2.75. The number of anilines is 1. The van der Waals surface area contributed by atoms with Crippen molar-refractivity contribution in [3.63, 3.8) is 0 Å². The lowest BCUT2D eigenvalue weighted by Gasteiger charge is -2.15. The summed E-state index contributed by atoms with van der Waals surface area (Å²) < 4.78 is 23.7. The molecule has 0 bridgehead atoms. The quantitative estimate of drug-likeness (QED) is 0.367. The zero-order chi connectivity index (χ0) is 24.3. The summed E-state index contributed by atoms with van der Waals surface area (Å²) in [7, 11) is -4.55. The topological polar surface area (TPSA) is 131 Å². The molecular weight excluding hydrogens is 489 g/mol. The second-order valence-corrected chi connectivity index (χ2v) is 10.5. The Morgan fingerprint density at radius 2 is 1.88 bits per heavy atom. The molecule has 0 radical (unpaired) electrons. The highest BCUT2D eigenvalue weighted by atomic mass is 35.5. The van der Waals surface area contributed by atoms with Gasteiger partial charge in [0.25, 0.3) is 5.91 Å². The Labute approximate surface area is 199 Å². The zero-order valence-electron chi connectivity index (χ0n) is 17.9. The van der Waals surface area contributed by atoms with Gasteiger partial charge in [-0.25, -0.2) is 9.97 Å². The number of rotatable bonds is 8. The molecule has 0 unspecified atom stereocenters. The van der Waals surface area contributed by atoms with Crippen molar-refractivity contribution in [1.82, 2.24) is 9.97 Å². The minimum atomic E-state index is -4.55. The molecule has 0 atom stereocenters. The van der Waals surface area contributed by atoms with Gasteiger partial charge >= 0.3 is 7.60 Å². The molecule has 3 aromatic rings. The number of ether oxygens (including phenoxy) is 2. The van der Waals surface area contributed by atoms with Gasteiger partial charge < -0.3 is 19.3 Å². The first-order valence-electron chi connectivity index (χ1n) is 9.56. The molecule has 2 heterocycles. The van der Waals surface area contributed by atoms with Crippen molar-refractivity contribution in [1.29, 1.82) is 0 Å². The molecule has 9 nitrogen and oxygen atoms in total. The molecule has 174 valence electrons. The van der Waals surface area contributed by atoms with E-state index in [1.807, 2.05) is 13.8 Å². The summed E-state index contributed by atoms with van der Waals surface area (Å²) in [5.41, 5.74) is 0.891. The number of pyridine rings is 1. The molecule has 0 aliphatic rings. The van der Waals surface area contributed by atoms with Crippen molar-refractivity contribution in [2.45, 2.75) is 26.9 Å². The van der Waals surface area contributed by atoms with Crippen LogP contribution in [0.5, 0.6) is 17.4 Å². The summed E-state index contributed by atoms with van der Waals surface area (Å²) in [6.07, 6.45) is 2.32. The van der Waals surface area contributed by atoms with Crippen LogP contribution in [0, 0.1) is 0 Å². The molecule has 0 aliphatic carbocycles. The molecule has 0 aliphatic heterocycles. The van der Waals surface area contributed by atoms with E-state index in [1.165, 1.54) is 18.3 Å². The number of aromatic nitrogens is 2. The Morgan fingerprint density at radius 1 is 1.18 bits per heavy atom. The van der Waals surface area contributed by atoms with E-state index in [9.17, 15) is 19.1 Å². The average Bonchev–Trinajstić information content (AvgIpc) is 3.10. The maximum atomic E-state index is 12.8. The average molecular weight is 510 g/mol. The fourth-order valence-electron chi connectivity index (χ4n) is 2.76. The number of thiazole rings is 1. The van der Waals surface area contributed by atoms with Gasteiger partial charge in [0.15, 0.2) is 5.13 Å². The first-order valence-corrected chi connectivity index (χ1v) is 12.4. The van der Waals surface area contributed by atoms with Crippen LogP contribution in [0.25, 0.3) is 5.57 Å². The lowest BCUT2D eigenvalue weighted by atomic mass is 10.1. The minimum Gasteiger partial charge on any atom is -0.491 e. The van der Waals surface area contributed by atoms with Gasteiger partial charge in [0, 0.05) is 23.9 Å². The van der Waals surface area contributed by atoms with E-state index in [-0.39, 0.29) is 34.2 Å². The number of nitrogens with one attached hydrogen (secondary N) is 1. The summed E-state index contributed by atoms with van der Waals surface area (Å²) in [6.45, 7) is 9.05. The van der Waals surface area contributed by atoms with Gasteiger partial charge in [0.2, 0.25) is 5.88 Å². The molecule has 0 fully saturated rings. The molecule has 0 spiro atoms. The van der Waals surface area contributed by atoms with Gasteiger partial charge in [-0.3, -0.25) is 14.7 Å². The van der Waals surface area contributed by atoms with Crippen LogP contribution in [0.3, 0.4) is 0 Å².